The summed E-state index contributed by atoms with van der Waals surface area (Å²) in [6.45, 7) is 2.11. The van der Waals surface area contributed by atoms with Crippen molar-refractivity contribution in [1.82, 2.24) is 9.47 Å². The summed E-state index contributed by atoms with van der Waals surface area (Å²) in [5.74, 6) is -0.697. The molecule has 10 heteroatoms. The number of non-ortho nitro benzene ring substituents is 1. The molecule has 1 aliphatic carbocycles. The number of hydrogen-bond acceptors (Lipinski definition) is 7. The van der Waals surface area contributed by atoms with Crippen molar-refractivity contribution in [2.75, 3.05) is 13.7 Å². The summed E-state index contributed by atoms with van der Waals surface area (Å²) in [6.07, 6.45) is 4.45. The van der Waals surface area contributed by atoms with E-state index in [-0.39, 0.29) is 42.8 Å². The van der Waals surface area contributed by atoms with Gasteiger partial charge in [-0.2, -0.15) is 0 Å². The Balaban J connectivity index is 1.46. The molecule has 0 radical (unpaired) electrons. The van der Waals surface area contributed by atoms with Crippen LogP contribution in [0.2, 0.25) is 0 Å². The number of benzene rings is 1. The highest BCUT2D eigenvalue weighted by molar-refractivity contribution is 5.80. The number of likely N-dealkylation sites (N-methyl/N-ethyl adjacent to an activating group) is 1. The van der Waals surface area contributed by atoms with Gasteiger partial charge in [0.1, 0.15) is 0 Å². The van der Waals surface area contributed by atoms with Crippen LogP contribution in [0, 0.1) is 16.0 Å². The van der Waals surface area contributed by atoms with Gasteiger partial charge in [-0.15, -0.1) is 0 Å². The Morgan fingerprint density at radius 3 is 2.68 bits per heavy atom. The lowest BCUT2D eigenvalue weighted by molar-refractivity contribution is -0.384. The molecule has 1 saturated carbocycles. The fraction of sp³-hybridized carbons (Fsp3) is 0.571. The molecular weight excluding hydrogens is 406 g/mol. The van der Waals surface area contributed by atoms with Crippen molar-refractivity contribution in [3.63, 3.8) is 0 Å². The third kappa shape index (κ3) is 5.50. The highest BCUT2D eigenvalue weighted by atomic mass is 16.6. The molecule has 2 aromatic rings. The summed E-state index contributed by atoms with van der Waals surface area (Å²) in [5.41, 5.74) is 0.365. The fourth-order valence-electron chi connectivity index (χ4n) is 3.91. The van der Waals surface area contributed by atoms with Crippen molar-refractivity contribution in [3.8, 4) is 0 Å². The van der Waals surface area contributed by atoms with E-state index in [2.05, 4.69) is 6.92 Å². The maximum atomic E-state index is 12.3. The number of carbonyl (C=O) groups excluding carboxylic acids is 2. The second-order valence-electron chi connectivity index (χ2n) is 8.11. The molecule has 0 spiro atoms. The van der Waals surface area contributed by atoms with Crippen LogP contribution >= 0.6 is 0 Å². The van der Waals surface area contributed by atoms with Crippen LogP contribution in [-0.4, -0.2) is 46.0 Å². The number of ether oxygens (including phenoxy) is 1. The van der Waals surface area contributed by atoms with E-state index in [0.29, 0.717) is 17.9 Å². The molecule has 1 fully saturated rings. The van der Waals surface area contributed by atoms with Crippen LogP contribution in [0.4, 0.5) is 5.69 Å². The van der Waals surface area contributed by atoms with Gasteiger partial charge in [0, 0.05) is 32.1 Å². The first-order chi connectivity index (χ1) is 14.8. The zero-order valence-corrected chi connectivity index (χ0v) is 17.7. The summed E-state index contributed by atoms with van der Waals surface area (Å²) >= 11 is 0. The van der Waals surface area contributed by atoms with E-state index in [4.69, 9.17) is 9.15 Å². The number of nitro groups is 1. The number of fused-ring (bicyclic) bond motifs is 1. The Morgan fingerprint density at radius 2 is 2.00 bits per heavy atom. The number of nitrogens with zero attached hydrogens (tertiary/aromatic N) is 3. The van der Waals surface area contributed by atoms with E-state index in [1.807, 2.05) is 0 Å². The van der Waals surface area contributed by atoms with Crippen LogP contribution in [0.1, 0.15) is 45.4 Å². The number of hydrogen-bond donors (Lipinski definition) is 0. The predicted molar refractivity (Wildman–Crippen MR) is 112 cm³/mol. The number of aromatic nitrogens is 1. The number of aryl methyl sites for hydroxylation is 1. The third-order valence-corrected chi connectivity index (χ3v) is 5.91. The van der Waals surface area contributed by atoms with Crippen molar-refractivity contribution < 1.29 is 23.7 Å². The van der Waals surface area contributed by atoms with Crippen LogP contribution in [-0.2, 0) is 20.9 Å². The standard InChI is InChI=1S/C21H27N3O7/c1-14-5-7-15(8-6-14)22(2)19(25)13-30-20(26)4-3-11-23-17-10-9-16(24(28)29)12-18(17)31-21(23)27/h9-10,12,14-15H,3-8,11,13H2,1-2H3. The minimum Gasteiger partial charge on any atom is -0.456 e. The summed E-state index contributed by atoms with van der Waals surface area (Å²) in [7, 11) is 1.75. The molecular formula is C21H27N3O7. The van der Waals surface area contributed by atoms with Gasteiger partial charge in [-0.05, 0) is 44.1 Å². The van der Waals surface area contributed by atoms with Crippen LogP contribution in [0.25, 0.3) is 11.1 Å². The Kier molecular flexibility index (Phi) is 7.09. The molecule has 0 unspecified atom stereocenters. The molecule has 1 heterocycles. The molecule has 31 heavy (non-hydrogen) atoms. The second-order valence-corrected chi connectivity index (χ2v) is 8.11. The topological polar surface area (TPSA) is 125 Å². The zero-order valence-electron chi connectivity index (χ0n) is 17.7. The van der Waals surface area contributed by atoms with Crippen molar-refractivity contribution in [2.45, 2.75) is 58.0 Å². The SMILES string of the molecule is CC1CCC(N(C)C(=O)COC(=O)CCCn2c(=O)oc3cc([N+](=O)[O-])ccc32)CC1. The van der Waals surface area contributed by atoms with Gasteiger partial charge < -0.3 is 14.1 Å². The second kappa shape index (κ2) is 9.76. The summed E-state index contributed by atoms with van der Waals surface area (Å²) in [4.78, 5) is 48.3. The molecule has 0 bridgehead atoms. The van der Waals surface area contributed by atoms with Crippen molar-refractivity contribution in [2.24, 2.45) is 5.92 Å². The molecule has 3 rings (SSSR count). The summed E-state index contributed by atoms with van der Waals surface area (Å²) in [5, 5.41) is 10.8. The van der Waals surface area contributed by atoms with Gasteiger partial charge in [0.25, 0.3) is 11.6 Å². The number of esters is 1. The minimum absolute atomic E-state index is 0.0318. The Morgan fingerprint density at radius 1 is 1.29 bits per heavy atom. The van der Waals surface area contributed by atoms with E-state index in [1.54, 1.807) is 11.9 Å². The highest BCUT2D eigenvalue weighted by Gasteiger charge is 2.25. The molecule has 1 amide bonds. The summed E-state index contributed by atoms with van der Waals surface area (Å²) < 4.78 is 11.5. The lowest BCUT2D eigenvalue weighted by Gasteiger charge is -2.33. The first-order valence-corrected chi connectivity index (χ1v) is 10.5. The molecule has 0 atom stereocenters. The lowest BCUT2D eigenvalue weighted by Crippen LogP contribution is -2.41. The maximum Gasteiger partial charge on any atom is 0.419 e. The molecule has 1 aromatic heterocycles. The van der Waals surface area contributed by atoms with Gasteiger partial charge in [0.05, 0.1) is 16.5 Å². The van der Waals surface area contributed by atoms with Gasteiger partial charge >= 0.3 is 11.7 Å². The largest absolute Gasteiger partial charge is 0.456 e. The van der Waals surface area contributed by atoms with E-state index < -0.39 is 16.6 Å². The van der Waals surface area contributed by atoms with Crippen LogP contribution < -0.4 is 5.76 Å². The first-order valence-electron chi connectivity index (χ1n) is 10.5. The van der Waals surface area contributed by atoms with E-state index in [1.165, 1.54) is 22.8 Å². The Labute approximate surface area is 178 Å². The maximum absolute atomic E-state index is 12.3. The van der Waals surface area contributed by atoms with Crippen LogP contribution in [0.15, 0.2) is 27.4 Å². The van der Waals surface area contributed by atoms with Crippen molar-refractivity contribution in [3.05, 3.63) is 38.9 Å². The highest BCUT2D eigenvalue weighted by Crippen LogP contribution is 2.26. The van der Waals surface area contributed by atoms with E-state index in [9.17, 15) is 24.5 Å². The van der Waals surface area contributed by atoms with E-state index >= 15 is 0 Å². The molecule has 0 aliphatic heterocycles. The average molecular weight is 433 g/mol. The summed E-state index contributed by atoms with van der Waals surface area (Å²) in [6, 6.07) is 4.12. The zero-order chi connectivity index (χ0) is 22.5. The van der Waals surface area contributed by atoms with Crippen molar-refractivity contribution >= 4 is 28.7 Å². The molecule has 0 saturated heterocycles. The molecule has 1 aliphatic rings. The Hall–Kier alpha value is -3.17. The van der Waals surface area contributed by atoms with Gasteiger partial charge in [-0.3, -0.25) is 24.3 Å². The predicted octanol–water partition coefficient (Wildman–Crippen LogP) is 2.86. The lowest BCUT2D eigenvalue weighted by atomic mass is 9.87. The van der Waals surface area contributed by atoms with E-state index in [0.717, 1.165) is 25.7 Å². The van der Waals surface area contributed by atoms with Gasteiger partial charge in [0.2, 0.25) is 0 Å². The average Bonchev–Trinajstić information content (AvgIpc) is 3.06. The van der Waals surface area contributed by atoms with Crippen LogP contribution in [0.5, 0.6) is 0 Å². The van der Waals surface area contributed by atoms with Crippen LogP contribution in [0.3, 0.4) is 0 Å². The molecule has 10 nitrogen and oxygen atoms in total. The number of oxazole rings is 1. The smallest absolute Gasteiger partial charge is 0.419 e. The quantitative estimate of drug-likeness (QED) is 0.356. The van der Waals surface area contributed by atoms with Gasteiger partial charge in [-0.1, -0.05) is 6.92 Å². The number of amides is 1. The molecule has 1 aromatic carbocycles. The molecule has 0 N–H and O–H groups in total. The minimum atomic E-state index is -0.650. The Bertz CT molecular complexity index is 1020. The van der Waals surface area contributed by atoms with Gasteiger partial charge in [0.15, 0.2) is 12.2 Å². The number of nitro benzene ring substituents is 1. The van der Waals surface area contributed by atoms with Crippen molar-refractivity contribution in [1.29, 1.82) is 0 Å². The van der Waals surface area contributed by atoms with Gasteiger partial charge in [-0.25, -0.2) is 4.79 Å². The molecule has 168 valence electrons. The number of rotatable bonds is 8. The monoisotopic (exact) mass is 433 g/mol. The first kappa shape index (κ1) is 22.5. The normalized spacial score (nSPS) is 18.6. The fourth-order valence-corrected chi connectivity index (χ4v) is 3.91. The number of carbonyl (C=O) groups is 2. The third-order valence-electron chi connectivity index (χ3n) is 5.91.